The highest BCUT2D eigenvalue weighted by Crippen LogP contribution is 2.36. The van der Waals surface area contributed by atoms with Crippen molar-refractivity contribution in [1.82, 2.24) is 14.6 Å². The Morgan fingerprint density at radius 2 is 1.85 bits per heavy atom. The number of aromatic nitrogens is 3. The Bertz CT molecular complexity index is 1370. The van der Waals surface area contributed by atoms with E-state index in [0.29, 0.717) is 46.1 Å². The molecule has 34 heavy (non-hydrogen) atoms. The predicted molar refractivity (Wildman–Crippen MR) is 118 cm³/mol. The number of alkyl halides is 3. The minimum atomic E-state index is -4.68. The molecule has 0 saturated carbocycles. The number of anilines is 3. The van der Waals surface area contributed by atoms with Gasteiger partial charge < -0.3 is 21.5 Å². The molecule has 0 aliphatic rings. The number of urea groups is 1. The van der Waals surface area contributed by atoms with E-state index in [-0.39, 0.29) is 5.82 Å². The molecule has 0 aliphatic heterocycles. The highest BCUT2D eigenvalue weighted by Gasteiger charge is 2.31. The van der Waals surface area contributed by atoms with Crippen molar-refractivity contribution in [3.05, 3.63) is 71.9 Å². The van der Waals surface area contributed by atoms with E-state index in [1.807, 2.05) is 0 Å². The van der Waals surface area contributed by atoms with Crippen molar-refractivity contribution < 1.29 is 27.5 Å². The van der Waals surface area contributed by atoms with Gasteiger partial charge in [0.15, 0.2) is 5.82 Å². The molecule has 2 heterocycles. The number of nitrogen functional groups attached to an aromatic ring is 1. The van der Waals surface area contributed by atoms with Crippen LogP contribution in [0.2, 0.25) is 0 Å². The Balaban J connectivity index is 1.57. The van der Waals surface area contributed by atoms with Gasteiger partial charge in [-0.2, -0.15) is 18.3 Å². The minimum Gasteiger partial charge on any atom is -0.389 e. The van der Waals surface area contributed by atoms with Gasteiger partial charge in [-0.25, -0.2) is 18.7 Å². The molecule has 0 radical (unpaired) electrons. The summed E-state index contributed by atoms with van der Waals surface area (Å²) in [4.78, 5) is 16.2. The van der Waals surface area contributed by atoms with Crippen LogP contribution in [0.4, 0.5) is 39.5 Å². The Morgan fingerprint density at radius 1 is 1.15 bits per heavy atom. The van der Waals surface area contributed by atoms with Crippen molar-refractivity contribution in [2.24, 2.45) is 0 Å². The molecule has 0 bridgehead atoms. The molecule has 2 aromatic carbocycles. The number of aliphatic hydroxyl groups is 1. The lowest BCUT2D eigenvalue weighted by atomic mass is 9.99. The van der Waals surface area contributed by atoms with Crippen LogP contribution >= 0.6 is 0 Å². The highest BCUT2D eigenvalue weighted by atomic mass is 19.4. The number of nitrogens with one attached hydrogen (secondary N) is 2. The van der Waals surface area contributed by atoms with Crippen LogP contribution in [0.3, 0.4) is 0 Å². The van der Waals surface area contributed by atoms with Crippen molar-refractivity contribution in [1.29, 1.82) is 0 Å². The van der Waals surface area contributed by atoms with E-state index < -0.39 is 35.4 Å². The number of hydrogen-bond acceptors (Lipinski definition) is 5. The molecule has 0 fully saturated rings. The van der Waals surface area contributed by atoms with E-state index in [0.717, 1.165) is 0 Å². The van der Waals surface area contributed by atoms with E-state index >= 15 is 0 Å². The molecule has 176 valence electrons. The normalized spacial score (nSPS) is 12.5. The Labute approximate surface area is 190 Å². The molecule has 0 spiro atoms. The lowest BCUT2D eigenvalue weighted by molar-refractivity contribution is -0.137. The number of halogens is 4. The van der Waals surface area contributed by atoms with E-state index in [1.165, 1.54) is 23.0 Å². The third-order valence-electron chi connectivity index (χ3n) is 5.05. The minimum absolute atomic E-state index is 0.210. The van der Waals surface area contributed by atoms with Crippen LogP contribution in [-0.2, 0) is 6.18 Å². The van der Waals surface area contributed by atoms with Gasteiger partial charge in [-0.1, -0.05) is 12.1 Å². The Kier molecular flexibility index (Phi) is 5.83. The molecular formula is C22H18F4N6O2. The van der Waals surface area contributed by atoms with Crippen LogP contribution in [0.15, 0.2) is 55.0 Å². The maximum Gasteiger partial charge on any atom is 0.416 e. The smallest absolute Gasteiger partial charge is 0.389 e. The van der Waals surface area contributed by atoms with Crippen LogP contribution in [0.25, 0.3) is 16.6 Å². The van der Waals surface area contributed by atoms with E-state index in [4.69, 9.17) is 5.73 Å². The predicted octanol–water partition coefficient (Wildman–Crippen LogP) is 4.83. The monoisotopic (exact) mass is 474 g/mol. The zero-order valence-electron chi connectivity index (χ0n) is 17.6. The first kappa shape index (κ1) is 23.0. The summed E-state index contributed by atoms with van der Waals surface area (Å²) in [6.45, 7) is 1.59. The average molecular weight is 474 g/mol. The molecule has 1 unspecified atom stereocenters. The highest BCUT2D eigenvalue weighted by molar-refractivity contribution is 6.00. The average Bonchev–Trinajstić information content (AvgIpc) is 3.16. The summed E-state index contributed by atoms with van der Waals surface area (Å²) in [6, 6.07) is 7.16. The van der Waals surface area contributed by atoms with Crippen molar-refractivity contribution in [3.8, 4) is 11.1 Å². The van der Waals surface area contributed by atoms with E-state index in [2.05, 4.69) is 20.7 Å². The van der Waals surface area contributed by atoms with Crippen molar-refractivity contribution in [2.45, 2.75) is 19.2 Å². The molecule has 4 rings (SSSR count). The largest absolute Gasteiger partial charge is 0.416 e. The number of fused-ring (bicyclic) bond motifs is 1. The van der Waals surface area contributed by atoms with Crippen LogP contribution in [0, 0.1) is 5.82 Å². The number of amides is 2. The Hall–Kier alpha value is -4.19. The number of rotatable bonds is 4. The lowest BCUT2D eigenvalue weighted by Gasteiger charge is -2.12. The molecule has 2 aromatic heterocycles. The van der Waals surface area contributed by atoms with E-state index in [9.17, 15) is 27.5 Å². The second-order valence-corrected chi connectivity index (χ2v) is 7.42. The number of nitrogens with zero attached hydrogens (tertiary/aromatic N) is 3. The molecule has 2 amide bonds. The van der Waals surface area contributed by atoms with Gasteiger partial charge in [0.25, 0.3) is 0 Å². The number of nitrogens with two attached hydrogens (primary N) is 1. The van der Waals surface area contributed by atoms with Gasteiger partial charge in [-0.3, -0.25) is 0 Å². The maximum atomic E-state index is 13.9. The first-order valence-electron chi connectivity index (χ1n) is 9.89. The SMILES string of the molecule is CC(O)c1cn2ncnc(N)c2c1-c1ccc(NC(=O)Nc2cc(C(F)(F)F)ccc2F)cc1. The maximum absolute atomic E-state index is 13.9. The number of aliphatic hydroxyl groups excluding tert-OH is 1. The summed E-state index contributed by atoms with van der Waals surface area (Å²) in [7, 11) is 0. The molecule has 0 aliphatic carbocycles. The summed E-state index contributed by atoms with van der Waals surface area (Å²) >= 11 is 0. The fourth-order valence-corrected chi connectivity index (χ4v) is 3.48. The Morgan fingerprint density at radius 3 is 2.50 bits per heavy atom. The molecule has 0 saturated heterocycles. The second kappa shape index (κ2) is 8.63. The number of benzene rings is 2. The van der Waals surface area contributed by atoms with Gasteiger partial charge in [0.2, 0.25) is 0 Å². The van der Waals surface area contributed by atoms with Crippen molar-refractivity contribution >= 4 is 28.7 Å². The summed E-state index contributed by atoms with van der Waals surface area (Å²) in [5.74, 6) is -0.800. The first-order valence-corrected chi connectivity index (χ1v) is 9.89. The molecule has 12 heteroatoms. The molecular weight excluding hydrogens is 456 g/mol. The topological polar surface area (TPSA) is 118 Å². The van der Waals surface area contributed by atoms with Crippen LogP contribution in [-0.4, -0.2) is 25.7 Å². The van der Waals surface area contributed by atoms with Gasteiger partial charge in [0, 0.05) is 23.0 Å². The third-order valence-corrected chi connectivity index (χ3v) is 5.05. The zero-order valence-corrected chi connectivity index (χ0v) is 17.6. The fourth-order valence-electron chi connectivity index (χ4n) is 3.48. The zero-order chi connectivity index (χ0) is 24.6. The van der Waals surface area contributed by atoms with Crippen molar-refractivity contribution in [3.63, 3.8) is 0 Å². The van der Waals surface area contributed by atoms with Gasteiger partial charge in [-0.15, -0.1) is 0 Å². The first-order chi connectivity index (χ1) is 16.0. The number of carbonyl (C=O) groups excluding carboxylic acids is 1. The molecule has 5 N–H and O–H groups in total. The van der Waals surface area contributed by atoms with Crippen LogP contribution in [0.1, 0.15) is 24.2 Å². The van der Waals surface area contributed by atoms with Crippen LogP contribution < -0.4 is 16.4 Å². The number of carbonyl (C=O) groups is 1. The van der Waals surface area contributed by atoms with Crippen LogP contribution in [0.5, 0.6) is 0 Å². The van der Waals surface area contributed by atoms with Gasteiger partial charge in [0.05, 0.1) is 17.4 Å². The standard InChI is InChI=1S/C22H18F4N6O2/c1-11(33)15-9-32-19(20(27)28-10-29-32)18(15)12-2-5-14(6-3-12)30-21(34)31-17-8-13(22(24,25)26)4-7-16(17)23/h2-11,33H,1H3,(H2,27,28,29)(H2,30,31,34). The molecule has 1 atom stereocenters. The third kappa shape index (κ3) is 4.48. The van der Waals surface area contributed by atoms with Crippen molar-refractivity contribution in [2.75, 3.05) is 16.4 Å². The van der Waals surface area contributed by atoms with Gasteiger partial charge in [0.1, 0.15) is 17.7 Å². The second-order valence-electron chi connectivity index (χ2n) is 7.42. The summed E-state index contributed by atoms with van der Waals surface area (Å²) in [5.41, 5.74) is 6.91. The summed E-state index contributed by atoms with van der Waals surface area (Å²) < 4.78 is 53.9. The van der Waals surface area contributed by atoms with E-state index in [1.54, 1.807) is 25.3 Å². The van der Waals surface area contributed by atoms with Gasteiger partial charge in [-0.05, 0) is 42.8 Å². The summed E-state index contributed by atoms with van der Waals surface area (Å²) in [6.07, 6.45) is -2.59. The molecule has 8 nitrogen and oxygen atoms in total. The van der Waals surface area contributed by atoms with Gasteiger partial charge >= 0.3 is 12.2 Å². The molecule has 4 aromatic rings. The quantitative estimate of drug-likeness (QED) is 0.316. The lowest BCUT2D eigenvalue weighted by Crippen LogP contribution is -2.20. The summed E-state index contributed by atoms with van der Waals surface area (Å²) in [5, 5.41) is 18.8. The number of hydrogen-bond donors (Lipinski definition) is 4. The fraction of sp³-hybridized carbons (Fsp3) is 0.136.